The molecule has 1 aromatic rings. The maximum absolute atomic E-state index is 5.80. The summed E-state index contributed by atoms with van der Waals surface area (Å²) >= 11 is 3.56. The van der Waals surface area contributed by atoms with Crippen LogP contribution in [-0.4, -0.2) is 6.54 Å². The molecular weight excluding hydrogens is 276 g/mol. The van der Waals surface area contributed by atoms with Crippen molar-refractivity contribution in [1.29, 1.82) is 0 Å². The number of nitrogens with one attached hydrogen (secondary N) is 1. The van der Waals surface area contributed by atoms with E-state index in [1.54, 1.807) is 0 Å². The lowest BCUT2D eigenvalue weighted by molar-refractivity contribution is 0.124. The molecule has 17 heavy (non-hydrogen) atoms. The van der Waals surface area contributed by atoms with E-state index < -0.39 is 0 Å². The molecule has 3 heteroatoms. The second-order valence-corrected chi connectivity index (χ2v) is 6.02. The minimum absolute atomic E-state index is 0.576. The van der Waals surface area contributed by atoms with Crippen LogP contribution in [0.5, 0.6) is 0 Å². The molecule has 1 saturated carbocycles. The summed E-state index contributed by atoms with van der Waals surface area (Å²) in [5.41, 5.74) is 8.45. The third-order valence-corrected chi connectivity index (χ3v) is 4.82. The van der Waals surface area contributed by atoms with Crippen LogP contribution < -0.4 is 11.1 Å². The van der Waals surface area contributed by atoms with E-state index in [0.717, 1.165) is 23.2 Å². The Bertz CT molecular complexity index is 380. The summed E-state index contributed by atoms with van der Waals surface area (Å²) < 4.78 is 1.14. The fraction of sp³-hybridized carbons (Fsp3) is 0.571. The lowest BCUT2D eigenvalue weighted by Crippen LogP contribution is -2.39. The van der Waals surface area contributed by atoms with Gasteiger partial charge in [-0.2, -0.15) is 0 Å². The van der Waals surface area contributed by atoms with E-state index in [9.17, 15) is 0 Å². The van der Waals surface area contributed by atoms with Crippen LogP contribution in [0, 0.1) is 5.41 Å². The maximum Gasteiger partial charge on any atom is 0.0318 e. The van der Waals surface area contributed by atoms with Gasteiger partial charge < -0.3 is 11.1 Å². The molecule has 1 aliphatic rings. The number of halogens is 1. The van der Waals surface area contributed by atoms with Crippen molar-refractivity contribution < 1.29 is 0 Å². The highest BCUT2D eigenvalue weighted by Gasteiger charge is 2.34. The molecule has 0 radical (unpaired) electrons. The van der Waals surface area contributed by atoms with E-state index in [-0.39, 0.29) is 0 Å². The molecule has 0 aliphatic heterocycles. The van der Waals surface area contributed by atoms with E-state index in [1.807, 2.05) is 18.2 Å². The average Bonchev–Trinajstić information content (AvgIpc) is 2.27. The number of anilines is 1. The van der Waals surface area contributed by atoms with E-state index in [1.165, 1.54) is 31.2 Å². The van der Waals surface area contributed by atoms with Gasteiger partial charge in [-0.15, -0.1) is 0 Å². The third-order valence-electron chi connectivity index (χ3n) is 4.05. The SMILES string of the molecule is CCC1(CNCc2cc(N)ccc2Br)CCC1. The van der Waals surface area contributed by atoms with Crippen molar-refractivity contribution in [2.75, 3.05) is 12.3 Å². The van der Waals surface area contributed by atoms with Gasteiger partial charge in [-0.3, -0.25) is 0 Å². The number of hydrogen-bond donors (Lipinski definition) is 2. The summed E-state index contributed by atoms with van der Waals surface area (Å²) in [6.07, 6.45) is 5.46. The van der Waals surface area contributed by atoms with Gasteiger partial charge in [0.05, 0.1) is 0 Å². The van der Waals surface area contributed by atoms with Crippen LogP contribution in [0.3, 0.4) is 0 Å². The molecule has 94 valence electrons. The van der Waals surface area contributed by atoms with Gasteiger partial charge in [-0.25, -0.2) is 0 Å². The second kappa shape index (κ2) is 5.40. The average molecular weight is 297 g/mol. The lowest BCUT2D eigenvalue weighted by Gasteiger charge is -2.41. The highest BCUT2D eigenvalue weighted by Crippen LogP contribution is 2.43. The Morgan fingerprint density at radius 3 is 2.76 bits per heavy atom. The normalized spacial score (nSPS) is 17.8. The summed E-state index contributed by atoms with van der Waals surface area (Å²) in [6.45, 7) is 4.33. The predicted molar refractivity (Wildman–Crippen MR) is 76.8 cm³/mol. The van der Waals surface area contributed by atoms with Gasteiger partial charge in [0.15, 0.2) is 0 Å². The Labute approximate surface area is 112 Å². The molecule has 0 amide bonds. The number of rotatable bonds is 5. The molecule has 0 unspecified atom stereocenters. The number of benzene rings is 1. The molecule has 0 aromatic heterocycles. The van der Waals surface area contributed by atoms with Crippen LogP contribution in [0.2, 0.25) is 0 Å². The number of nitrogen functional groups attached to an aromatic ring is 1. The maximum atomic E-state index is 5.80. The first-order valence-electron chi connectivity index (χ1n) is 6.40. The zero-order valence-corrected chi connectivity index (χ0v) is 12.0. The minimum Gasteiger partial charge on any atom is -0.399 e. The Kier molecular flexibility index (Phi) is 4.10. The quantitative estimate of drug-likeness (QED) is 0.813. The molecule has 0 heterocycles. The molecule has 1 aliphatic carbocycles. The molecule has 0 bridgehead atoms. The Morgan fingerprint density at radius 2 is 2.18 bits per heavy atom. The van der Waals surface area contributed by atoms with Gasteiger partial charge in [0.25, 0.3) is 0 Å². The van der Waals surface area contributed by atoms with Gasteiger partial charge in [0, 0.05) is 23.2 Å². The van der Waals surface area contributed by atoms with Crippen molar-refractivity contribution in [1.82, 2.24) is 5.32 Å². The molecule has 2 rings (SSSR count). The highest BCUT2D eigenvalue weighted by molar-refractivity contribution is 9.10. The molecular formula is C14H21BrN2. The molecule has 0 atom stereocenters. The first-order valence-corrected chi connectivity index (χ1v) is 7.19. The van der Waals surface area contributed by atoms with Crippen molar-refractivity contribution >= 4 is 21.6 Å². The van der Waals surface area contributed by atoms with Gasteiger partial charge >= 0.3 is 0 Å². The lowest BCUT2D eigenvalue weighted by atomic mass is 9.67. The van der Waals surface area contributed by atoms with Crippen molar-refractivity contribution in [2.24, 2.45) is 5.41 Å². The van der Waals surface area contributed by atoms with Crippen molar-refractivity contribution in [3.05, 3.63) is 28.2 Å². The predicted octanol–water partition coefficient (Wildman–Crippen LogP) is 3.70. The summed E-state index contributed by atoms with van der Waals surface area (Å²) in [4.78, 5) is 0. The fourth-order valence-electron chi connectivity index (χ4n) is 2.52. The zero-order chi connectivity index (χ0) is 12.3. The number of hydrogen-bond acceptors (Lipinski definition) is 2. The first-order chi connectivity index (χ1) is 8.15. The Balaban J connectivity index is 1.87. The zero-order valence-electron chi connectivity index (χ0n) is 10.4. The van der Waals surface area contributed by atoms with Gasteiger partial charge in [-0.05, 0) is 48.4 Å². The van der Waals surface area contributed by atoms with Gasteiger partial charge in [0.2, 0.25) is 0 Å². The van der Waals surface area contributed by atoms with Crippen molar-refractivity contribution in [2.45, 2.75) is 39.2 Å². The van der Waals surface area contributed by atoms with Crippen LogP contribution in [-0.2, 0) is 6.54 Å². The van der Waals surface area contributed by atoms with Crippen LogP contribution in [0.4, 0.5) is 5.69 Å². The fourth-order valence-corrected chi connectivity index (χ4v) is 2.91. The monoisotopic (exact) mass is 296 g/mol. The third kappa shape index (κ3) is 3.02. The Hall–Kier alpha value is -0.540. The summed E-state index contributed by atoms with van der Waals surface area (Å²) in [5.74, 6) is 0. The summed E-state index contributed by atoms with van der Waals surface area (Å²) in [5, 5.41) is 3.58. The van der Waals surface area contributed by atoms with Crippen LogP contribution in [0.1, 0.15) is 38.2 Å². The highest BCUT2D eigenvalue weighted by atomic mass is 79.9. The van der Waals surface area contributed by atoms with Gasteiger partial charge in [0.1, 0.15) is 0 Å². The molecule has 0 saturated heterocycles. The summed E-state index contributed by atoms with van der Waals surface area (Å²) in [6, 6.07) is 5.98. The standard InChI is InChI=1S/C14H21BrN2/c1-2-14(6-3-7-14)10-17-9-11-8-12(16)4-5-13(11)15/h4-5,8,17H,2-3,6-7,9-10,16H2,1H3. The van der Waals surface area contributed by atoms with Gasteiger partial charge in [-0.1, -0.05) is 29.3 Å². The molecule has 3 N–H and O–H groups in total. The molecule has 1 fully saturated rings. The van der Waals surface area contributed by atoms with E-state index >= 15 is 0 Å². The van der Waals surface area contributed by atoms with E-state index in [4.69, 9.17) is 5.73 Å². The van der Waals surface area contributed by atoms with Crippen molar-refractivity contribution in [3.8, 4) is 0 Å². The first kappa shape index (κ1) is 12.9. The second-order valence-electron chi connectivity index (χ2n) is 5.16. The van der Waals surface area contributed by atoms with E-state index in [2.05, 4.69) is 28.2 Å². The minimum atomic E-state index is 0.576. The summed E-state index contributed by atoms with van der Waals surface area (Å²) in [7, 11) is 0. The smallest absolute Gasteiger partial charge is 0.0318 e. The Morgan fingerprint density at radius 1 is 1.41 bits per heavy atom. The van der Waals surface area contributed by atoms with E-state index in [0.29, 0.717) is 5.41 Å². The molecule has 1 aromatic carbocycles. The molecule has 2 nitrogen and oxygen atoms in total. The topological polar surface area (TPSA) is 38.0 Å². The number of nitrogens with two attached hydrogens (primary N) is 1. The largest absolute Gasteiger partial charge is 0.399 e. The van der Waals surface area contributed by atoms with Crippen molar-refractivity contribution in [3.63, 3.8) is 0 Å². The van der Waals surface area contributed by atoms with Crippen LogP contribution >= 0.6 is 15.9 Å². The van der Waals surface area contributed by atoms with Crippen LogP contribution in [0.25, 0.3) is 0 Å². The molecule has 0 spiro atoms. The van der Waals surface area contributed by atoms with Crippen LogP contribution in [0.15, 0.2) is 22.7 Å².